The van der Waals surface area contributed by atoms with Crippen molar-refractivity contribution in [3.63, 3.8) is 0 Å². The molecule has 2 aromatic heterocycles. The summed E-state index contributed by atoms with van der Waals surface area (Å²) < 4.78 is 2.09. The van der Waals surface area contributed by atoms with Gasteiger partial charge in [-0.3, -0.25) is 5.10 Å². The molecule has 0 fully saturated rings. The van der Waals surface area contributed by atoms with Gasteiger partial charge in [0.1, 0.15) is 0 Å². The second kappa shape index (κ2) is 3.13. The Bertz CT molecular complexity index is 648. The number of rotatable bonds is 1. The molecule has 0 aliphatic carbocycles. The topological polar surface area (TPSA) is 59.6 Å². The third kappa shape index (κ3) is 1.13. The lowest BCUT2D eigenvalue weighted by molar-refractivity contribution is 0.969. The summed E-state index contributed by atoms with van der Waals surface area (Å²) in [5.41, 5.74) is 9.68. The van der Waals surface area contributed by atoms with Crippen molar-refractivity contribution in [2.75, 3.05) is 5.73 Å². The quantitative estimate of drug-likeness (QED) is 0.649. The number of nitrogens with one attached hydrogen (secondary N) is 1. The maximum atomic E-state index is 5.88. The molecule has 0 saturated carbocycles. The van der Waals surface area contributed by atoms with Crippen LogP contribution in [0.15, 0.2) is 36.7 Å². The van der Waals surface area contributed by atoms with Crippen molar-refractivity contribution in [1.82, 2.24) is 14.8 Å². The van der Waals surface area contributed by atoms with Crippen molar-refractivity contribution >= 4 is 16.6 Å². The van der Waals surface area contributed by atoms with Gasteiger partial charge in [0.25, 0.3) is 0 Å². The Morgan fingerprint density at radius 1 is 1.31 bits per heavy atom. The van der Waals surface area contributed by atoms with E-state index in [1.54, 1.807) is 6.20 Å². The highest BCUT2D eigenvalue weighted by molar-refractivity contribution is 5.96. The maximum absolute atomic E-state index is 5.88. The Morgan fingerprint density at radius 3 is 2.94 bits per heavy atom. The molecule has 0 saturated heterocycles. The maximum Gasteiger partial charge on any atom is 0.0901 e. The molecule has 0 unspecified atom stereocenters. The molecule has 0 amide bonds. The molecule has 1 aromatic carbocycles. The van der Waals surface area contributed by atoms with Crippen LogP contribution in [0.2, 0.25) is 0 Å². The molecule has 2 heterocycles. The largest absolute Gasteiger partial charge is 0.396 e. The lowest BCUT2D eigenvalue weighted by atomic mass is 10.1. The highest BCUT2D eigenvalue weighted by Crippen LogP contribution is 2.30. The Hall–Kier alpha value is -2.23. The van der Waals surface area contributed by atoms with Gasteiger partial charge in [0, 0.05) is 24.2 Å². The zero-order valence-corrected chi connectivity index (χ0v) is 8.94. The lowest BCUT2D eigenvalue weighted by Gasteiger charge is -2.04. The van der Waals surface area contributed by atoms with E-state index in [0.29, 0.717) is 5.69 Å². The van der Waals surface area contributed by atoms with E-state index in [2.05, 4.69) is 26.9 Å². The molecule has 4 heteroatoms. The number of nitrogens with two attached hydrogens (primary N) is 1. The molecule has 0 atom stereocenters. The summed E-state index contributed by atoms with van der Waals surface area (Å²) in [6.45, 7) is 0. The van der Waals surface area contributed by atoms with Crippen LogP contribution < -0.4 is 5.73 Å². The Morgan fingerprint density at radius 2 is 2.19 bits per heavy atom. The van der Waals surface area contributed by atoms with Crippen LogP contribution in [0.5, 0.6) is 0 Å². The third-order valence-corrected chi connectivity index (χ3v) is 2.84. The lowest BCUT2D eigenvalue weighted by Crippen LogP contribution is -1.91. The molecular weight excluding hydrogens is 200 g/mol. The fourth-order valence-corrected chi connectivity index (χ4v) is 2.07. The van der Waals surface area contributed by atoms with E-state index in [4.69, 9.17) is 5.73 Å². The predicted molar refractivity (Wildman–Crippen MR) is 64.9 cm³/mol. The average molecular weight is 212 g/mol. The Labute approximate surface area is 92.7 Å². The van der Waals surface area contributed by atoms with Gasteiger partial charge in [-0.1, -0.05) is 18.2 Å². The summed E-state index contributed by atoms with van der Waals surface area (Å²) >= 11 is 0. The predicted octanol–water partition coefficient (Wildman–Crippen LogP) is 2.15. The van der Waals surface area contributed by atoms with Gasteiger partial charge in [0.2, 0.25) is 0 Å². The average Bonchev–Trinajstić information content (AvgIpc) is 2.86. The molecule has 0 spiro atoms. The van der Waals surface area contributed by atoms with E-state index in [9.17, 15) is 0 Å². The first kappa shape index (κ1) is 9.03. The minimum Gasteiger partial charge on any atom is -0.396 e. The minimum absolute atomic E-state index is 0.675. The number of para-hydroxylation sites is 1. The molecule has 80 valence electrons. The zero-order valence-electron chi connectivity index (χ0n) is 8.94. The van der Waals surface area contributed by atoms with Crippen molar-refractivity contribution in [2.24, 2.45) is 7.05 Å². The number of aromatic nitrogens is 3. The fourth-order valence-electron chi connectivity index (χ4n) is 2.07. The molecule has 3 rings (SSSR count). The number of hydrogen-bond donors (Lipinski definition) is 2. The van der Waals surface area contributed by atoms with Gasteiger partial charge in [-0.05, 0) is 6.07 Å². The number of H-pyrrole nitrogens is 1. The molecule has 3 N–H and O–H groups in total. The Kier molecular flexibility index (Phi) is 1.77. The molecule has 3 aromatic rings. The van der Waals surface area contributed by atoms with Crippen molar-refractivity contribution < 1.29 is 0 Å². The standard InChI is InChI=1S/C12H12N4/c1-16-6-5-8-3-2-4-9(12(8)16)11-10(13)7-14-15-11/h2-7H,13H2,1H3,(H,14,15). The summed E-state index contributed by atoms with van der Waals surface area (Å²) in [6, 6.07) is 8.25. The molecule has 4 nitrogen and oxygen atoms in total. The highest BCUT2D eigenvalue weighted by Gasteiger charge is 2.10. The minimum atomic E-state index is 0.675. The van der Waals surface area contributed by atoms with Crippen molar-refractivity contribution in [3.05, 3.63) is 36.7 Å². The van der Waals surface area contributed by atoms with E-state index in [-0.39, 0.29) is 0 Å². The third-order valence-electron chi connectivity index (χ3n) is 2.84. The van der Waals surface area contributed by atoms with Crippen molar-refractivity contribution in [2.45, 2.75) is 0 Å². The van der Waals surface area contributed by atoms with Crippen LogP contribution in [0.4, 0.5) is 5.69 Å². The van der Waals surface area contributed by atoms with Gasteiger partial charge in [-0.2, -0.15) is 5.10 Å². The van der Waals surface area contributed by atoms with E-state index in [1.165, 1.54) is 10.9 Å². The van der Waals surface area contributed by atoms with Crippen LogP contribution in [0.3, 0.4) is 0 Å². The molecular formula is C12H12N4. The number of aryl methyl sites for hydroxylation is 1. The van der Waals surface area contributed by atoms with Crippen molar-refractivity contribution in [3.8, 4) is 11.3 Å². The van der Waals surface area contributed by atoms with Gasteiger partial charge in [0.15, 0.2) is 0 Å². The molecule has 0 bridgehead atoms. The van der Waals surface area contributed by atoms with E-state index in [1.807, 2.05) is 25.4 Å². The Balaban J connectivity index is 2.39. The van der Waals surface area contributed by atoms with Crippen LogP contribution >= 0.6 is 0 Å². The van der Waals surface area contributed by atoms with Gasteiger partial charge in [0.05, 0.1) is 23.1 Å². The fraction of sp³-hybridized carbons (Fsp3) is 0.0833. The molecule has 0 aliphatic heterocycles. The number of fused-ring (bicyclic) bond motifs is 1. The normalized spacial score (nSPS) is 11.1. The SMILES string of the molecule is Cn1ccc2cccc(-c3[nH]ncc3N)c21. The number of nitrogens with zero attached hydrogens (tertiary/aromatic N) is 2. The number of benzene rings is 1. The smallest absolute Gasteiger partial charge is 0.0901 e. The highest BCUT2D eigenvalue weighted by atomic mass is 15.1. The summed E-state index contributed by atoms with van der Waals surface area (Å²) in [5.74, 6) is 0. The van der Waals surface area contributed by atoms with Gasteiger partial charge >= 0.3 is 0 Å². The summed E-state index contributed by atoms with van der Waals surface area (Å²) in [5, 5.41) is 8.11. The summed E-state index contributed by atoms with van der Waals surface area (Å²) in [6.07, 6.45) is 3.68. The second-order valence-corrected chi connectivity index (χ2v) is 3.87. The van der Waals surface area contributed by atoms with Crippen LogP contribution in [0.25, 0.3) is 22.2 Å². The molecule has 0 radical (unpaired) electrons. The van der Waals surface area contributed by atoms with Crippen LogP contribution in [-0.4, -0.2) is 14.8 Å². The number of aromatic amines is 1. The van der Waals surface area contributed by atoms with E-state index >= 15 is 0 Å². The molecule has 16 heavy (non-hydrogen) atoms. The van der Waals surface area contributed by atoms with E-state index in [0.717, 1.165) is 11.3 Å². The van der Waals surface area contributed by atoms with Gasteiger partial charge in [-0.25, -0.2) is 0 Å². The molecule has 0 aliphatic rings. The van der Waals surface area contributed by atoms with Crippen LogP contribution in [0, 0.1) is 0 Å². The monoisotopic (exact) mass is 212 g/mol. The van der Waals surface area contributed by atoms with Gasteiger partial charge in [-0.15, -0.1) is 0 Å². The zero-order chi connectivity index (χ0) is 11.1. The second-order valence-electron chi connectivity index (χ2n) is 3.87. The van der Waals surface area contributed by atoms with Crippen molar-refractivity contribution in [1.29, 1.82) is 0 Å². The number of nitrogen functional groups attached to an aromatic ring is 1. The van der Waals surface area contributed by atoms with Crippen LogP contribution in [-0.2, 0) is 7.05 Å². The summed E-state index contributed by atoms with van der Waals surface area (Å²) in [7, 11) is 2.03. The first-order valence-electron chi connectivity index (χ1n) is 5.10. The van der Waals surface area contributed by atoms with E-state index < -0.39 is 0 Å². The first-order valence-corrected chi connectivity index (χ1v) is 5.10. The van der Waals surface area contributed by atoms with Gasteiger partial charge < -0.3 is 10.3 Å². The van der Waals surface area contributed by atoms with Crippen LogP contribution in [0.1, 0.15) is 0 Å². The number of anilines is 1. The summed E-state index contributed by atoms with van der Waals surface area (Å²) in [4.78, 5) is 0. The number of hydrogen-bond acceptors (Lipinski definition) is 2. The first-order chi connectivity index (χ1) is 7.77.